The molecule has 2 atom stereocenters. The van der Waals surface area contributed by atoms with Gasteiger partial charge in [0.2, 0.25) is 5.91 Å². The number of carbonyl (C=O) groups excluding carboxylic acids is 1. The van der Waals surface area contributed by atoms with Gasteiger partial charge in [0.15, 0.2) is 0 Å². The van der Waals surface area contributed by atoms with Crippen LogP contribution in [0.3, 0.4) is 0 Å². The zero-order chi connectivity index (χ0) is 12.4. The minimum atomic E-state index is -0.129. The van der Waals surface area contributed by atoms with E-state index < -0.39 is 0 Å². The summed E-state index contributed by atoms with van der Waals surface area (Å²) in [5.74, 6) is 0.420. The van der Waals surface area contributed by atoms with Crippen LogP contribution in [0.25, 0.3) is 0 Å². The van der Waals surface area contributed by atoms with Gasteiger partial charge in [-0.05, 0) is 38.6 Å². The third kappa shape index (κ3) is 7.65. The van der Waals surface area contributed by atoms with Crippen molar-refractivity contribution in [1.29, 1.82) is 0 Å². The van der Waals surface area contributed by atoms with Crippen molar-refractivity contribution < 1.29 is 9.90 Å². The van der Waals surface area contributed by atoms with Crippen LogP contribution in [0.4, 0.5) is 0 Å². The molecule has 0 aromatic heterocycles. The van der Waals surface area contributed by atoms with Crippen LogP contribution in [-0.4, -0.2) is 36.8 Å². The molecule has 4 nitrogen and oxygen atoms in total. The Kier molecular flexibility index (Phi) is 9.24. The third-order valence-electron chi connectivity index (χ3n) is 2.58. The van der Waals surface area contributed by atoms with Gasteiger partial charge in [-0.2, -0.15) is 0 Å². The van der Waals surface area contributed by atoms with E-state index >= 15 is 0 Å². The third-order valence-corrected chi connectivity index (χ3v) is 2.58. The van der Waals surface area contributed by atoms with Crippen LogP contribution in [0.1, 0.15) is 40.0 Å². The lowest BCUT2D eigenvalue weighted by molar-refractivity contribution is -0.122. The van der Waals surface area contributed by atoms with Gasteiger partial charge in [-0.15, -0.1) is 0 Å². The van der Waals surface area contributed by atoms with Crippen LogP contribution in [-0.2, 0) is 4.79 Å². The molecule has 0 aliphatic heterocycles. The van der Waals surface area contributed by atoms with Crippen LogP contribution in [0, 0.1) is 5.92 Å². The molecule has 96 valence electrons. The number of aliphatic hydroxyl groups excluding tert-OH is 1. The summed E-state index contributed by atoms with van der Waals surface area (Å²) in [4.78, 5) is 11.5. The molecule has 0 rings (SSSR count). The summed E-state index contributed by atoms with van der Waals surface area (Å²) in [6, 6.07) is -0.129. The Morgan fingerprint density at radius 2 is 2.00 bits per heavy atom. The van der Waals surface area contributed by atoms with E-state index in [1.54, 1.807) is 0 Å². The van der Waals surface area contributed by atoms with Crippen LogP contribution in [0.15, 0.2) is 0 Å². The van der Waals surface area contributed by atoms with Gasteiger partial charge in [-0.1, -0.05) is 13.8 Å². The molecule has 0 bridgehead atoms. The molecule has 3 N–H and O–H groups in total. The van der Waals surface area contributed by atoms with E-state index in [9.17, 15) is 4.79 Å². The first-order valence-corrected chi connectivity index (χ1v) is 6.23. The fraction of sp³-hybridized carbons (Fsp3) is 0.917. The average Bonchev–Trinajstić information content (AvgIpc) is 2.30. The number of aliphatic hydroxyl groups is 1. The summed E-state index contributed by atoms with van der Waals surface area (Å²) in [6.07, 6.45) is 2.95. The first-order chi connectivity index (χ1) is 7.61. The Morgan fingerprint density at radius 3 is 2.56 bits per heavy atom. The minimum absolute atomic E-state index is 0.0667. The Labute approximate surface area is 98.8 Å². The van der Waals surface area contributed by atoms with E-state index in [2.05, 4.69) is 10.6 Å². The molecule has 2 unspecified atom stereocenters. The van der Waals surface area contributed by atoms with E-state index in [0.29, 0.717) is 5.92 Å². The first kappa shape index (κ1) is 15.4. The summed E-state index contributed by atoms with van der Waals surface area (Å²) in [6.45, 7) is 7.75. The number of hydrogen-bond acceptors (Lipinski definition) is 3. The van der Waals surface area contributed by atoms with Crippen LogP contribution >= 0.6 is 0 Å². The summed E-state index contributed by atoms with van der Waals surface area (Å²) < 4.78 is 0. The number of amides is 1. The maximum atomic E-state index is 11.5. The van der Waals surface area contributed by atoms with Crippen molar-refractivity contribution in [2.75, 3.05) is 19.7 Å². The molecule has 16 heavy (non-hydrogen) atoms. The fourth-order valence-corrected chi connectivity index (χ4v) is 1.35. The molecule has 0 aromatic rings. The van der Waals surface area contributed by atoms with Gasteiger partial charge in [0.1, 0.15) is 0 Å². The zero-order valence-corrected chi connectivity index (χ0v) is 10.8. The van der Waals surface area contributed by atoms with Crippen LogP contribution < -0.4 is 10.6 Å². The molecular formula is C12H26N2O2. The van der Waals surface area contributed by atoms with Gasteiger partial charge in [0, 0.05) is 13.2 Å². The quantitative estimate of drug-likeness (QED) is 0.516. The lowest BCUT2D eigenvalue weighted by Crippen LogP contribution is -2.42. The first-order valence-electron chi connectivity index (χ1n) is 6.23. The molecular weight excluding hydrogens is 204 g/mol. The Balaban J connectivity index is 3.49. The topological polar surface area (TPSA) is 61.4 Å². The van der Waals surface area contributed by atoms with E-state index in [0.717, 1.165) is 32.4 Å². The van der Waals surface area contributed by atoms with Crippen LogP contribution in [0.5, 0.6) is 0 Å². The minimum Gasteiger partial charge on any atom is -0.396 e. The normalized spacial score (nSPS) is 14.5. The zero-order valence-electron chi connectivity index (χ0n) is 10.8. The van der Waals surface area contributed by atoms with E-state index in [-0.39, 0.29) is 18.6 Å². The molecule has 1 amide bonds. The Morgan fingerprint density at radius 1 is 1.31 bits per heavy atom. The van der Waals surface area contributed by atoms with Gasteiger partial charge < -0.3 is 15.7 Å². The predicted octanol–water partition coefficient (Wildman–Crippen LogP) is 0.899. The average molecular weight is 230 g/mol. The fourth-order valence-electron chi connectivity index (χ4n) is 1.35. The monoisotopic (exact) mass is 230 g/mol. The summed E-state index contributed by atoms with van der Waals surface area (Å²) in [5, 5.41) is 14.9. The summed E-state index contributed by atoms with van der Waals surface area (Å²) in [7, 11) is 0. The van der Waals surface area contributed by atoms with Gasteiger partial charge >= 0.3 is 0 Å². The van der Waals surface area contributed by atoms with Crippen molar-refractivity contribution in [3.05, 3.63) is 0 Å². The van der Waals surface area contributed by atoms with Crippen molar-refractivity contribution in [1.82, 2.24) is 10.6 Å². The van der Waals surface area contributed by atoms with Crippen molar-refractivity contribution >= 4 is 5.91 Å². The molecule has 0 fully saturated rings. The van der Waals surface area contributed by atoms with E-state index in [4.69, 9.17) is 5.11 Å². The number of nitrogens with one attached hydrogen (secondary N) is 2. The smallest absolute Gasteiger partial charge is 0.236 e. The molecule has 0 saturated carbocycles. The van der Waals surface area contributed by atoms with E-state index in [1.807, 2.05) is 20.8 Å². The summed E-state index contributed by atoms with van der Waals surface area (Å²) in [5.41, 5.74) is 0. The highest BCUT2D eigenvalue weighted by Crippen LogP contribution is 2.02. The van der Waals surface area contributed by atoms with Gasteiger partial charge in [0.05, 0.1) is 6.04 Å². The maximum absolute atomic E-state index is 11.5. The lowest BCUT2D eigenvalue weighted by atomic mass is 10.1. The molecule has 0 aromatic carbocycles. The van der Waals surface area contributed by atoms with Crippen LogP contribution in [0.2, 0.25) is 0 Å². The molecule has 0 heterocycles. The van der Waals surface area contributed by atoms with Crippen molar-refractivity contribution in [3.63, 3.8) is 0 Å². The number of carbonyl (C=O) groups is 1. The molecule has 0 aliphatic carbocycles. The standard InChI is InChI=1S/C12H26N2O2/c1-4-7-14-12(16)11(3)13-8-5-6-10(2)9-15/h10-11,13,15H,4-9H2,1-3H3,(H,14,16). The Bertz CT molecular complexity index is 186. The SMILES string of the molecule is CCCNC(=O)C(C)NCCCC(C)CO. The van der Waals surface area contributed by atoms with Gasteiger partial charge in [-0.25, -0.2) is 0 Å². The second-order valence-electron chi connectivity index (χ2n) is 4.40. The number of rotatable bonds is 9. The largest absolute Gasteiger partial charge is 0.396 e. The molecule has 4 heteroatoms. The predicted molar refractivity (Wildman–Crippen MR) is 66.2 cm³/mol. The van der Waals surface area contributed by atoms with Gasteiger partial charge in [-0.3, -0.25) is 4.79 Å². The molecule has 0 spiro atoms. The van der Waals surface area contributed by atoms with Crippen molar-refractivity contribution in [3.8, 4) is 0 Å². The maximum Gasteiger partial charge on any atom is 0.236 e. The second kappa shape index (κ2) is 9.60. The van der Waals surface area contributed by atoms with Gasteiger partial charge in [0.25, 0.3) is 0 Å². The molecule has 0 saturated heterocycles. The lowest BCUT2D eigenvalue weighted by Gasteiger charge is -2.14. The number of hydrogen-bond donors (Lipinski definition) is 3. The second-order valence-corrected chi connectivity index (χ2v) is 4.40. The van der Waals surface area contributed by atoms with E-state index in [1.165, 1.54) is 0 Å². The summed E-state index contributed by atoms with van der Waals surface area (Å²) >= 11 is 0. The highest BCUT2D eigenvalue weighted by atomic mass is 16.3. The van der Waals surface area contributed by atoms with Crippen molar-refractivity contribution in [2.45, 2.75) is 46.1 Å². The molecule has 0 aliphatic rings. The van der Waals surface area contributed by atoms with Crippen molar-refractivity contribution in [2.24, 2.45) is 5.92 Å². The molecule has 0 radical (unpaired) electrons. The highest BCUT2D eigenvalue weighted by Gasteiger charge is 2.10. The highest BCUT2D eigenvalue weighted by molar-refractivity contribution is 5.81. The Hall–Kier alpha value is -0.610.